The molecule has 0 saturated heterocycles. The molecular weight excluding hydrogens is 254 g/mol. The third kappa shape index (κ3) is 5.27. The second-order valence-electron chi connectivity index (χ2n) is 9.00. The summed E-state index contributed by atoms with van der Waals surface area (Å²) in [7, 11) is 0. The Kier molecular flexibility index (Phi) is 6.17. The maximum Gasteiger partial charge on any atom is 0.00683 e. The zero-order valence-corrected chi connectivity index (χ0v) is 15.3. The monoisotopic (exact) mass is 293 g/mol. The van der Waals surface area contributed by atoms with E-state index in [1.54, 1.807) is 0 Å². The minimum Gasteiger partial charge on any atom is -0.314 e. The molecule has 2 aliphatic rings. The highest BCUT2D eigenvalue weighted by atomic mass is 14.9. The zero-order chi connectivity index (χ0) is 15.5. The van der Waals surface area contributed by atoms with Gasteiger partial charge in [0.15, 0.2) is 0 Å². The highest BCUT2D eigenvalue weighted by Crippen LogP contribution is 2.45. The van der Waals surface area contributed by atoms with E-state index in [4.69, 9.17) is 0 Å². The van der Waals surface area contributed by atoms with Gasteiger partial charge in [-0.3, -0.25) is 0 Å². The van der Waals surface area contributed by atoms with E-state index in [0.717, 1.165) is 29.7 Å². The van der Waals surface area contributed by atoms with Crippen LogP contribution in [-0.4, -0.2) is 12.6 Å². The molecule has 3 atom stereocenters. The third-order valence-corrected chi connectivity index (χ3v) is 6.40. The summed E-state index contributed by atoms with van der Waals surface area (Å²) in [5.74, 6) is 3.81. The van der Waals surface area contributed by atoms with E-state index < -0.39 is 0 Å². The molecule has 124 valence electrons. The maximum absolute atomic E-state index is 3.82. The summed E-state index contributed by atoms with van der Waals surface area (Å²) in [6.45, 7) is 13.4. The van der Waals surface area contributed by atoms with Crippen molar-refractivity contribution in [1.82, 2.24) is 5.32 Å². The molecule has 2 rings (SSSR count). The Bertz CT molecular complexity index is 295. The molecule has 2 saturated carbocycles. The van der Waals surface area contributed by atoms with Crippen molar-refractivity contribution in [2.45, 2.75) is 92.0 Å². The first-order valence-electron chi connectivity index (χ1n) is 9.67. The van der Waals surface area contributed by atoms with Gasteiger partial charge in [0.05, 0.1) is 0 Å². The average molecular weight is 294 g/mol. The summed E-state index contributed by atoms with van der Waals surface area (Å²) < 4.78 is 0. The van der Waals surface area contributed by atoms with E-state index in [2.05, 4.69) is 39.9 Å². The van der Waals surface area contributed by atoms with Crippen LogP contribution in [0.4, 0.5) is 0 Å². The minimum absolute atomic E-state index is 0.501. The largest absolute Gasteiger partial charge is 0.314 e. The molecule has 3 unspecified atom stereocenters. The molecule has 0 heterocycles. The van der Waals surface area contributed by atoms with Crippen molar-refractivity contribution < 1.29 is 0 Å². The second kappa shape index (κ2) is 7.49. The summed E-state index contributed by atoms with van der Waals surface area (Å²) in [6.07, 6.45) is 11.5. The van der Waals surface area contributed by atoms with Crippen LogP contribution in [0.25, 0.3) is 0 Å². The second-order valence-corrected chi connectivity index (χ2v) is 9.00. The Hall–Kier alpha value is -0.0400. The molecule has 0 aliphatic heterocycles. The molecule has 0 amide bonds. The van der Waals surface area contributed by atoms with Gasteiger partial charge in [-0.05, 0) is 74.2 Å². The van der Waals surface area contributed by atoms with Crippen molar-refractivity contribution in [1.29, 1.82) is 0 Å². The van der Waals surface area contributed by atoms with Crippen molar-refractivity contribution in [2.75, 3.05) is 6.54 Å². The van der Waals surface area contributed by atoms with Gasteiger partial charge in [0.2, 0.25) is 0 Å². The lowest BCUT2D eigenvalue weighted by atomic mass is 9.63. The van der Waals surface area contributed by atoms with Crippen molar-refractivity contribution >= 4 is 0 Å². The molecular formula is C20H39N. The lowest BCUT2D eigenvalue weighted by Crippen LogP contribution is -2.38. The van der Waals surface area contributed by atoms with E-state index in [9.17, 15) is 0 Å². The average Bonchev–Trinajstić information content (AvgIpc) is 3.26. The predicted octanol–water partition coefficient (Wildman–Crippen LogP) is 5.64. The van der Waals surface area contributed by atoms with Gasteiger partial charge in [-0.2, -0.15) is 0 Å². The topological polar surface area (TPSA) is 12.0 Å². The van der Waals surface area contributed by atoms with E-state index >= 15 is 0 Å². The molecule has 21 heavy (non-hydrogen) atoms. The summed E-state index contributed by atoms with van der Waals surface area (Å²) in [5.41, 5.74) is 0.501. The van der Waals surface area contributed by atoms with Gasteiger partial charge in [0, 0.05) is 6.04 Å². The molecule has 0 aromatic rings. The van der Waals surface area contributed by atoms with Gasteiger partial charge >= 0.3 is 0 Å². The van der Waals surface area contributed by atoms with Gasteiger partial charge in [-0.1, -0.05) is 47.5 Å². The van der Waals surface area contributed by atoms with Gasteiger partial charge in [-0.25, -0.2) is 0 Å². The van der Waals surface area contributed by atoms with Crippen LogP contribution in [0.3, 0.4) is 0 Å². The van der Waals surface area contributed by atoms with Crippen LogP contribution in [0.15, 0.2) is 0 Å². The van der Waals surface area contributed by atoms with Gasteiger partial charge < -0.3 is 5.32 Å². The van der Waals surface area contributed by atoms with Crippen LogP contribution in [0, 0.1) is 29.1 Å². The Morgan fingerprint density at radius 2 is 1.62 bits per heavy atom. The molecule has 1 nitrogen and oxygen atoms in total. The molecule has 0 radical (unpaired) electrons. The Morgan fingerprint density at radius 3 is 2.14 bits per heavy atom. The number of rotatable bonds is 7. The molecule has 2 fully saturated rings. The molecule has 1 heteroatoms. The smallest absolute Gasteiger partial charge is 0.00683 e. The van der Waals surface area contributed by atoms with Crippen molar-refractivity contribution in [3.63, 3.8) is 0 Å². The van der Waals surface area contributed by atoms with Crippen LogP contribution in [-0.2, 0) is 0 Å². The number of nitrogens with one attached hydrogen (secondary N) is 1. The Balaban J connectivity index is 1.94. The SMILES string of the molecule is CCC(CC)CC1CC(C(C)(C)C)CCC1CNC1CC1. The highest BCUT2D eigenvalue weighted by molar-refractivity contribution is 4.89. The van der Waals surface area contributed by atoms with Crippen molar-refractivity contribution in [3.05, 3.63) is 0 Å². The van der Waals surface area contributed by atoms with E-state index in [0.29, 0.717) is 5.41 Å². The summed E-state index contributed by atoms with van der Waals surface area (Å²) in [5, 5.41) is 3.82. The van der Waals surface area contributed by atoms with E-state index in [1.165, 1.54) is 57.9 Å². The van der Waals surface area contributed by atoms with Gasteiger partial charge in [0.25, 0.3) is 0 Å². The maximum atomic E-state index is 3.82. The minimum atomic E-state index is 0.501. The molecule has 0 bridgehead atoms. The van der Waals surface area contributed by atoms with Gasteiger partial charge in [0.1, 0.15) is 0 Å². The fraction of sp³-hybridized carbons (Fsp3) is 1.00. The lowest BCUT2D eigenvalue weighted by molar-refractivity contribution is 0.0816. The van der Waals surface area contributed by atoms with E-state index in [1.807, 2.05) is 0 Å². The van der Waals surface area contributed by atoms with Gasteiger partial charge in [-0.15, -0.1) is 0 Å². The highest BCUT2D eigenvalue weighted by Gasteiger charge is 2.36. The molecule has 0 aromatic heterocycles. The molecule has 0 aromatic carbocycles. The number of hydrogen-bond acceptors (Lipinski definition) is 1. The van der Waals surface area contributed by atoms with Crippen LogP contribution in [0.2, 0.25) is 0 Å². The standard InChI is InChI=1S/C20H39N/c1-6-15(7-2)12-17-13-18(20(3,4)5)9-8-16(17)14-21-19-10-11-19/h15-19,21H,6-14H2,1-5H3. The zero-order valence-electron chi connectivity index (χ0n) is 15.3. The molecule has 2 aliphatic carbocycles. The van der Waals surface area contributed by atoms with Crippen molar-refractivity contribution in [2.24, 2.45) is 29.1 Å². The third-order valence-electron chi connectivity index (χ3n) is 6.40. The summed E-state index contributed by atoms with van der Waals surface area (Å²) >= 11 is 0. The molecule has 1 N–H and O–H groups in total. The first-order valence-corrected chi connectivity index (χ1v) is 9.67. The van der Waals surface area contributed by atoms with E-state index in [-0.39, 0.29) is 0 Å². The van der Waals surface area contributed by atoms with Crippen LogP contribution in [0.1, 0.15) is 86.0 Å². The van der Waals surface area contributed by atoms with Crippen LogP contribution < -0.4 is 5.32 Å². The lowest BCUT2D eigenvalue weighted by Gasteiger charge is -2.43. The summed E-state index contributed by atoms with van der Waals surface area (Å²) in [6, 6.07) is 0.874. The van der Waals surface area contributed by atoms with Crippen molar-refractivity contribution in [3.8, 4) is 0 Å². The van der Waals surface area contributed by atoms with Crippen LogP contribution >= 0.6 is 0 Å². The normalized spacial score (nSPS) is 30.9. The summed E-state index contributed by atoms with van der Waals surface area (Å²) in [4.78, 5) is 0. The molecule has 0 spiro atoms. The first kappa shape index (κ1) is 17.3. The number of hydrogen-bond donors (Lipinski definition) is 1. The fourth-order valence-corrected chi connectivity index (χ4v) is 4.33. The fourth-order valence-electron chi connectivity index (χ4n) is 4.33. The first-order chi connectivity index (χ1) is 9.94. The quantitative estimate of drug-likeness (QED) is 0.640. The Labute approximate surface area is 133 Å². The Morgan fingerprint density at radius 1 is 0.952 bits per heavy atom. The van der Waals surface area contributed by atoms with Crippen LogP contribution in [0.5, 0.6) is 0 Å². The predicted molar refractivity (Wildman–Crippen MR) is 93.5 cm³/mol.